The van der Waals surface area contributed by atoms with Crippen molar-refractivity contribution in [2.24, 2.45) is 11.8 Å². The maximum absolute atomic E-state index is 6.65. The smallest absolute Gasteiger partial charge is 0.127 e. The molecule has 0 spiro atoms. The van der Waals surface area contributed by atoms with Gasteiger partial charge in [0.1, 0.15) is 11.5 Å². The average molecular weight is 1010 g/mol. The van der Waals surface area contributed by atoms with Crippen LogP contribution < -0.4 is 9.64 Å². The second-order valence-electron chi connectivity index (χ2n) is 22.1. The average Bonchev–Trinajstić information content (AvgIpc) is 4.17. The fourth-order valence-electron chi connectivity index (χ4n) is 13.3. The molecule has 0 heterocycles. The van der Waals surface area contributed by atoms with Crippen molar-refractivity contribution in [3.05, 3.63) is 329 Å². The third kappa shape index (κ3) is 8.18. The fourth-order valence-corrected chi connectivity index (χ4v) is 13.3. The molecular weight excluding hydrogens is 943 g/mol. The Hall–Kier alpha value is -8.98. The third-order valence-electron chi connectivity index (χ3n) is 16.8. The van der Waals surface area contributed by atoms with Gasteiger partial charge in [-0.3, -0.25) is 0 Å². The number of hydrogen-bond acceptors (Lipinski definition) is 2. The zero-order valence-corrected chi connectivity index (χ0v) is 44.9. The van der Waals surface area contributed by atoms with Crippen molar-refractivity contribution in [3.63, 3.8) is 0 Å². The normalized spacial score (nSPS) is 15.1. The number of ether oxygens (including phenoxy) is 1. The van der Waals surface area contributed by atoms with Gasteiger partial charge in [-0.2, -0.15) is 0 Å². The highest BCUT2D eigenvalue weighted by molar-refractivity contribution is 5.92. The van der Waals surface area contributed by atoms with Gasteiger partial charge in [-0.05, 0) is 168 Å². The molecule has 0 fully saturated rings. The molecule has 0 radical (unpaired) electrons. The number of rotatable bonds is 14. The topological polar surface area (TPSA) is 12.5 Å². The molecule has 2 heteroatoms. The molecule has 78 heavy (non-hydrogen) atoms. The first kappa shape index (κ1) is 48.6. The Bertz CT molecular complexity index is 3840. The number of fused-ring (bicyclic) bond motifs is 6. The minimum Gasteiger partial charge on any atom is -0.457 e. The highest BCUT2D eigenvalue weighted by Gasteiger charge is 2.48. The SMILES string of the molecule is CC(C)CC(c1ccc(Oc2ccc(C3(c4ccccc4)c4ccccc4-c4ccc(N(c5ccc(-c6ccccc6)cc5)c5ccc6c(c5)C(c5ccccc5)(c5ccccc5)c5ccccc5-6)cc43)cc2)cc1)C(C)C. The van der Waals surface area contributed by atoms with Crippen molar-refractivity contribution >= 4 is 17.1 Å². The van der Waals surface area contributed by atoms with Gasteiger partial charge >= 0.3 is 0 Å². The van der Waals surface area contributed by atoms with Crippen LogP contribution in [0.4, 0.5) is 17.1 Å². The predicted octanol–water partition coefficient (Wildman–Crippen LogP) is 20.1. The summed E-state index contributed by atoms with van der Waals surface area (Å²) in [6, 6.07) is 103. The van der Waals surface area contributed by atoms with Gasteiger partial charge in [-0.1, -0.05) is 246 Å². The number of anilines is 3. The summed E-state index contributed by atoms with van der Waals surface area (Å²) in [5, 5.41) is 0. The Morgan fingerprint density at radius 3 is 1.15 bits per heavy atom. The molecule has 11 aromatic carbocycles. The van der Waals surface area contributed by atoms with Crippen LogP contribution in [0, 0.1) is 11.8 Å². The molecule has 0 bridgehead atoms. The zero-order valence-electron chi connectivity index (χ0n) is 44.9. The lowest BCUT2D eigenvalue weighted by Crippen LogP contribution is -2.29. The van der Waals surface area contributed by atoms with Gasteiger partial charge in [-0.15, -0.1) is 0 Å². The summed E-state index contributed by atoms with van der Waals surface area (Å²) >= 11 is 0. The van der Waals surface area contributed by atoms with Crippen LogP contribution in [0.2, 0.25) is 0 Å². The van der Waals surface area contributed by atoms with Crippen molar-refractivity contribution in [3.8, 4) is 44.9 Å². The molecule has 0 saturated heterocycles. The summed E-state index contributed by atoms with van der Waals surface area (Å²) in [5.41, 5.74) is 20.7. The van der Waals surface area contributed by atoms with Gasteiger partial charge < -0.3 is 9.64 Å². The lowest BCUT2D eigenvalue weighted by molar-refractivity contribution is 0.407. The standard InChI is InChI=1S/C76H63NO/c1-52(2)49-70(53(3)4)56-35-43-64(44-36-56)78-65-45-37-60(38-46-65)76(59-27-15-8-16-28-59)72-32-20-18-30-67(72)69-48-42-63(51-74(69)76)77(61-39-33-55(34-40-61)54-21-9-5-10-22-54)62-41-47-68-66-29-17-19-31-71(66)75(73(68)50-62,57-23-11-6-12-24-57)58-25-13-7-14-26-58/h5-48,50-53,70H,49H2,1-4H3. The van der Waals surface area contributed by atoms with Crippen molar-refractivity contribution < 1.29 is 4.74 Å². The first-order valence-corrected chi connectivity index (χ1v) is 27.8. The Morgan fingerprint density at radius 1 is 0.333 bits per heavy atom. The minimum absolute atomic E-state index is 0.516. The maximum atomic E-state index is 6.65. The van der Waals surface area contributed by atoms with E-state index < -0.39 is 10.8 Å². The van der Waals surface area contributed by atoms with Gasteiger partial charge in [-0.25, -0.2) is 0 Å². The van der Waals surface area contributed by atoms with E-state index in [-0.39, 0.29) is 0 Å². The van der Waals surface area contributed by atoms with E-state index in [0.717, 1.165) is 28.6 Å². The van der Waals surface area contributed by atoms with Crippen molar-refractivity contribution in [1.82, 2.24) is 0 Å². The molecule has 11 aromatic rings. The molecule has 2 nitrogen and oxygen atoms in total. The van der Waals surface area contributed by atoms with E-state index in [0.29, 0.717) is 17.8 Å². The van der Waals surface area contributed by atoms with Crippen LogP contribution in [0.15, 0.2) is 279 Å². The molecule has 13 rings (SSSR count). The summed E-state index contributed by atoms with van der Waals surface area (Å²) in [6.45, 7) is 9.30. The Morgan fingerprint density at radius 2 is 0.705 bits per heavy atom. The number of benzene rings is 11. The molecule has 0 aromatic heterocycles. The van der Waals surface area contributed by atoms with E-state index >= 15 is 0 Å². The van der Waals surface area contributed by atoms with E-state index in [2.05, 4.69) is 312 Å². The molecular formula is C76H63NO. The summed E-state index contributed by atoms with van der Waals surface area (Å²) in [7, 11) is 0. The van der Waals surface area contributed by atoms with E-state index in [1.807, 2.05) is 0 Å². The van der Waals surface area contributed by atoms with Crippen LogP contribution in [-0.2, 0) is 10.8 Å². The van der Waals surface area contributed by atoms with Gasteiger partial charge in [0.15, 0.2) is 0 Å². The van der Waals surface area contributed by atoms with E-state index in [9.17, 15) is 0 Å². The Labute approximate surface area is 461 Å². The van der Waals surface area contributed by atoms with Gasteiger partial charge in [0.2, 0.25) is 0 Å². The summed E-state index contributed by atoms with van der Waals surface area (Å²) < 4.78 is 6.65. The van der Waals surface area contributed by atoms with Crippen LogP contribution in [0.5, 0.6) is 11.5 Å². The van der Waals surface area contributed by atoms with E-state index in [4.69, 9.17) is 4.74 Å². The van der Waals surface area contributed by atoms with Gasteiger partial charge in [0.25, 0.3) is 0 Å². The van der Waals surface area contributed by atoms with Crippen molar-refractivity contribution in [2.75, 3.05) is 4.90 Å². The predicted molar refractivity (Wildman–Crippen MR) is 325 cm³/mol. The summed E-state index contributed by atoms with van der Waals surface area (Å²) in [6.07, 6.45) is 1.17. The molecule has 2 unspecified atom stereocenters. The maximum Gasteiger partial charge on any atom is 0.127 e. The molecule has 0 aliphatic heterocycles. The van der Waals surface area contributed by atoms with E-state index in [1.54, 1.807) is 0 Å². The van der Waals surface area contributed by atoms with Crippen LogP contribution >= 0.6 is 0 Å². The molecule has 2 aliphatic rings. The van der Waals surface area contributed by atoms with Crippen molar-refractivity contribution in [2.45, 2.75) is 50.9 Å². The monoisotopic (exact) mass is 1010 g/mol. The zero-order chi connectivity index (χ0) is 52.8. The highest BCUT2D eigenvalue weighted by atomic mass is 16.5. The van der Waals surface area contributed by atoms with Crippen LogP contribution in [-0.4, -0.2) is 0 Å². The molecule has 378 valence electrons. The van der Waals surface area contributed by atoms with E-state index in [1.165, 1.54) is 89.9 Å². The molecule has 2 atom stereocenters. The lowest BCUT2D eigenvalue weighted by atomic mass is 9.67. The quantitative estimate of drug-likeness (QED) is 0.108. The number of nitrogens with zero attached hydrogens (tertiary/aromatic N) is 1. The molecule has 0 saturated carbocycles. The summed E-state index contributed by atoms with van der Waals surface area (Å²) in [5.74, 6) is 3.37. The first-order chi connectivity index (χ1) is 38.3. The Balaban J connectivity index is 0.983. The molecule has 2 aliphatic carbocycles. The molecule has 0 N–H and O–H groups in total. The number of hydrogen-bond donors (Lipinski definition) is 0. The van der Waals surface area contributed by atoms with Crippen molar-refractivity contribution in [1.29, 1.82) is 0 Å². The van der Waals surface area contributed by atoms with Crippen LogP contribution in [0.25, 0.3) is 33.4 Å². The lowest BCUT2D eigenvalue weighted by Gasteiger charge is -2.36. The summed E-state index contributed by atoms with van der Waals surface area (Å²) in [4.78, 5) is 2.48. The van der Waals surface area contributed by atoms with Crippen LogP contribution in [0.1, 0.15) is 90.1 Å². The Kier molecular flexibility index (Phi) is 12.6. The minimum atomic E-state index is -0.649. The van der Waals surface area contributed by atoms with Gasteiger partial charge in [0.05, 0.1) is 10.8 Å². The first-order valence-electron chi connectivity index (χ1n) is 27.8. The fraction of sp³-hybridized carbons (Fsp3) is 0.132. The second-order valence-corrected chi connectivity index (χ2v) is 22.1. The van der Waals surface area contributed by atoms with Gasteiger partial charge in [0, 0.05) is 17.1 Å². The highest BCUT2D eigenvalue weighted by Crippen LogP contribution is 2.60. The van der Waals surface area contributed by atoms with Crippen LogP contribution in [0.3, 0.4) is 0 Å². The molecule has 0 amide bonds. The largest absolute Gasteiger partial charge is 0.457 e. The second kappa shape index (κ2) is 20.2. The third-order valence-corrected chi connectivity index (χ3v) is 16.8.